The number of nitrogens with one attached hydrogen (secondary N) is 1. The van der Waals surface area contributed by atoms with Crippen LogP contribution >= 0.6 is 31.9 Å². The molecule has 0 aliphatic carbocycles. The SMILES string of the molecule is CCCn1ncnc1CNc1cc(Br)ccc1Br. The minimum Gasteiger partial charge on any atom is -0.377 e. The predicted molar refractivity (Wildman–Crippen MR) is 79.5 cm³/mol. The van der Waals surface area contributed by atoms with Crippen LogP contribution in [0, 0.1) is 0 Å². The van der Waals surface area contributed by atoms with Gasteiger partial charge in [0, 0.05) is 21.2 Å². The Morgan fingerprint density at radius 3 is 2.94 bits per heavy atom. The van der Waals surface area contributed by atoms with Crippen molar-refractivity contribution in [3.63, 3.8) is 0 Å². The number of hydrogen-bond donors (Lipinski definition) is 1. The lowest BCUT2D eigenvalue weighted by atomic mass is 10.3. The fourth-order valence-electron chi connectivity index (χ4n) is 1.63. The molecule has 1 N–H and O–H groups in total. The van der Waals surface area contributed by atoms with Crippen LogP contribution in [0.2, 0.25) is 0 Å². The number of benzene rings is 1. The first-order valence-electron chi connectivity index (χ1n) is 5.76. The van der Waals surface area contributed by atoms with E-state index in [1.54, 1.807) is 6.33 Å². The van der Waals surface area contributed by atoms with Crippen molar-refractivity contribution in [2.24, 2.45) is 0 Å². The first kappa shape index (κ1) is 13.5. The molecular weight excluding hydrogens is 360 g/mol. The minimum absolute atomic E-state index is 0.662. The molecule has 2 aromatic rings. The molecule has 6 heteroatoms. The lowest BCUT2D eigenvalue weighted by Gasteiger charge is -2.09. The van der Waals surface area contributed by atoms with Crippen molar-refractivity contribution in [2.45, 2.75) is 26.4 Å². The fourth-order valence-corrected chi connectivity index (χ4v) is 2.38. The van der Waals surface area contributed by atoms with Crippen molar-refractivity contribution in [2.75, 3.05) is 5.32 Å². The molecule has 0 saturated heterocycles. The van der Waals surface area contributed by atoms with Crippen LogP contribution in [0.3, 0.4) is 0 Å². The third kappa shape index (κ3) is 3.32. The summed E-state index contributed by atoms with van der Waals surface area (Å²) in [4.78, 5) is 4.26. The van der Waals surface area contributed by atoms with Gasteiger partial charge in [-0.05, 0) is 40.5 Å². The number of anilines is 1. The van der Waals surface area contributed by atoms with E-state index in [0.717, 1.165) is 33.4 Å². The molecule has 0 atom stereocenters. The van der Waals surface area contributed by atoms with Crippen LogP contribution in [0.4, 0.5) is 5.69 Å². The van der Waals surface area contributed by atoms with Crippen molar-refractivity contribution < 1.29 is 0 Å². The summed E-state index contributed by atoms with van der Waals surface area (Å²) in [5, 5.41) is 7.56. The van der Waals surface area contributed by atoms with E-state index < -0.39 is 0 Å². The molecule has 0 saturated carbocycles. The van der Waals surface area contributed by atoms with E-state index >= 15 is 0 Å². The molecule has 0 unspecified atom stereocenters. The predicted octanol–water partition coefficient (Wildman–Crippen LogP) is 3.83. The third-order valence-corrected chi connectivity index (χ3v) is 3.68. The van der Waals surface area contributed by atoms with Gasteiger partial charge in [0.05, 0.1) is 6.54 Å². The molecule has 0 spiro atoms. The molecule has 0 amide bonds. The second kappa shape index (κ2) is 6.33. The normalized spacial score (nSPS) is 10.6. The second-order valence-corrected chi connectivity index (χ2v) is 5.65. The Hall–Kier alpha value is -0.880. The van der Waals surface area contributed by atoms with E-state index in [4.69, 9.17) is 0 Å². The van der Waals surface area contributed by atoms with Gasteiger partial charge in [-0.3, -0.25) is 0 Å². The fraction of sp³-hybridized carbons (Fsp3) is 0.333. The molecule has 1 heterocycles. The molecule has 1 aromatic carbocycles. The Morgan fingerprint density at radius 2 is 2.17 bits per heavy atom. The zero-order chi connectivity index (χ0) is 13.0. The van der Waals surface area contributed by atoms with Gasteiger partial charge in [-0.25, -0.2) is 9.67 Å². The first-order chi connectivity index (χ1) is 8.70. The lowest BCUT2D eigenvalue weighted by Crippen LogP contribution is -2.10. The zero-order valence-corrected chi connectivity index (χ0v) is 13.2. The maximum absolute atomic E-state index is 4.26. The molecule has 18 heavy (non-hydrogen) atoms. The van der Waals surface area contributed by atoms with Gasteiger partial charge in [-0.1, -0.05) is 22.9 Å². The van der Waals surface area contributed by atoms with Crippen LogP contribution < -0.4 is 5.32 Å². The van der Waals surface area contributed by atoms with Crippen LogP contribution in [0.5, 0.6) is 0 Å². The van der Waals surface area contributed by atoms with Gasteiger partial charge in [0.1, 0.15) is 12.2 Å². The molecule has 0 aliphatic heterocycles. The van der Waals surface area contributed by atoms with Crippen molar-refractivity contribution in [3.05, 3.63) is 39.3 Å². The molecule has 96 valence electrons. The average Bonchev–Trinajstić information content (AvgIpc) is 2.78. The summed E-state index contributed by atoms with van der Waals surface area (Å²) in [7, 11) is 0. The number of rotatable bonds is 5. The summed E-state index contributed by atoms with van der Waals surface area (Å²) in [5.74, 6) is 0.948. The van der Waals surface area contributed by atoms with Crippen LogP contribution in [0.1, 0.15) is 19.2 Å². The highest BCUT2D eigenvalue weighted by Crippen LogP contribution is 2.26. The monoisotopic (exact) mass is 372 g/mol. The number of nitrogens with zero attached hydrogens (tertiary/aromatic N) is 3. The van der Waals surface area contributed by atoms with Crippen molar-refractivity contribution in [1.82, 2.24) is 14.8 Å². The number of aromatic nitrogens is 3. The molecule has 2 rings (SSSR count). The van der Waals surface area contributed by atoms with E-state index in [2.05, 4.69) is 54.2 Å². The third-order valence-electron chi connectivity index (χ3n) is 2.50. The van der Waals surface area contributed by atoms with Gasteiger partial charge in [0.15, 0.2) is 0 Å². The Labute approximate surface area is 123 Å². The van der Waals surface area contributed by atoms with Gasteiger partial charge in [-0.2, -0.15) is 5.10 Å². The van der Waals surface area contributed by atoms with Gasteiger partial charge >= 0.3 is 0 Å². The van der Waals surface area contributed by atoms with Crippen molar-refractivity contribution in [3.8, 4) is 0 Å². The Balaban J connectivity index is 2.06. The summed E-state index contributed by atoms with van der Waals surface area (Å²) in [6, 6.07) is 6.03. The summed E-state index contributed by atoms with van der Waals surface area (Å²) in [5.41, 5.74) is 1.04. The van der Waals surface area contributed by atoms with Crippen LogP contribution in [-0.2, 0) is 13.1 Å². The van der Waals surface area contributed by atoms with E-state index in [-0.39, 0.29) is 0 Å². The minimum atomic E-state index is 0.662. The number of hydrogen-bond acceptors (Lipinski definition) is 3. The summed E-state index contributed by atoms with van der Waals surface area (Å²) >= 11 is 6.98. The van der Waals surface area contributed by atoms with Gasteiger partial charge in [-0.15, -0.1) is 0 Å². The van der Waals surface area contributed by atoms with E-state index in [1.807, 2.05) is 22.9 Å². The van der Waals surface area contributed by atoms with Crippen molar-refractivity contribution >= 4 is 37.5 Å². The van der Waals surface area contributed by atoms with Gasteiger partial charge in [0.25, 0.3) is 0 Å². The Morgan fingerprint density at radius 1 is 1.33 bits per heavy atom. The van der Waals surface area contributed by atoms with Crippen molar-refractivity contribution in [1.29, 1.82) is 0 Å². The highest BCUT2D eigenvalue weighted by Gasteiger charge is 2.05. The molecule has 0 bridgehead atoms. The maximum Gasteiger partial charge on any atom is 0.146 e. The first-order valence-corrected chi connectivity index (χ1v) is 7.35. The highest BCUT2D eigenvalue weighted by atomic mass is 79.9. The summed E-state index contributed by atoms with van der Waals surface area (Å²) in [6.45, 7) is 3.69. The summed E-state index contributed by atoms with van der Waals surface area (Å²) < 4.78 is 4.01. The molecule has 4 nitrogen and oxygen atoms in total. The largest absolute Gasteiger partial charge is 0.377 e. The molecule has 1 aromatic heterocycles. The zero-order valence-electron chi connectivity index (χ0n) is 10.0. The summed E-state index contributed by atoms with van der Waals surface area (Å²) in [6.07, 6.45) is 2.65. The molecular formula is C12H14Br2N4. The Bertz CT molecular complexity index is 525. The lowest BCUT2D eigenvalue weighted by molar-refractivity contribution is 0.574. The standard InChI is InChI=1S/C12H14Br2N4/c1-2-5-18-12(16-8-17-18)7-15-11-6-9(13)3-4-10(11)14/h3-4,6,8,15H,2,5,7H2,1H3. The highest BCUT2D eigenvalue weighted by molar-refractivity contribution is 9.11. The number of aryl methyl sites for hydroxylation is 1. The van der Waals surface area contributed by atoms with Crippen LogP contribution in [0.25, 0.3) is 0 Å². The topological polar surface area (TPSA) is 42.7 Å². The number of halogens is 2. The Kier molecular flexibility index (Phi) is 4.77. The van der Waals surface area contributed by atoms with Gasteiger partial charge < -0.3 is 5.32 Å². The second-order valence-electron chi connectivity index (χ2n) is 3.88. The van der Waals surface area contributed by atoms with Crippen LogP contribution in [0.15, 0.2) is 33.5 Å². The molecule has 0 fully saturated rings. The van der Waals surface area contributed by atoms with Crippen LogP contribution in [-0.4, -0.2) is 14.8 Å². The molecule has 0 radical (unpaired) electrons. The average molecular weight is 374 g/mol. The smallest absolute Gasteiger partial charge is 0.146 e. The molecule has 0 aliphatic rings. The van der Waals surface area contributed by atoms with E-state index in [1.165, 1.54) is 0 Å². The van der Waals surface area contributed by atoms with Gasteiger partial charge in [0.2, 0.25) is 0 Å². The maximum atomic E-state index is 4.26. The van der Waals surface area contributed by atoms with E-state index in [0.29, 0.717) is 6.54 Å². The van der Waals surface area contributed by atoms with E-state index in [9.17, 15) is 0 Å². The quantitative estimate of drug-likeness (QED) is 0.866.